The average molecular weight is 469 g/mol. The van der Waals surface area contributed by atoms with Gasteiger partial charge in [-0.2, -0.15) is 0 Å². The van der Waals surface area contributed by atoms with E-state index in [0.717, 1.165) is 35.4 Å². The first kappa shape index (κ1) is 22.9. The van der Waals surface area contributed by atoms with E-state index >= 15 is 0 Å². The molecule has 3 rings (SSSR count). The Balaban J connectivity index is 1.88. The first-order valence-electron chi connectivity index (χ1n) is 9.98. The molecule has 30 heavy (non-hydrogen) atoms. The monoisotopic (exact) mass is 468 g/mol. The number of rotatable bonds is 7. The van der Waals surface area contributed by atoms with Gasteiger partial charge in [0.15, 0.2) is 0 Å². The predicted molar refractivity (Wildman–Crippen MR) is 123 cm³/mol. The summed E-state index contributed by atoms with van der Waals surface area (Å²) in [6.45, 7) is 3.67. The summed E-state index contributed by atoms with van der Waals surface area (Å²) in [4.78, 5) is 13.2. The Kier molecular flexibility index (Phi) is 7.00. The van der Waals surface area contributed by atoms with Crippen LogP contribution in [0, 0.1) is 0 Å². The second kappa shape index (κ2) is 9.16. The van der Waals surface area contributed by atoms with Crippen molar-refractivity contribution in [3.05, 3.63) is 63.1 Å². The van der Waals surface area contributed by atoms with Crippen LogP contribution in [0.25, 0.3) is 0 Å². The lowest BCUT2D eigenvalue weighted by Crippen LogP contribution is -2.49. The zero-order valence-electron chi connectivity index (χ0n) is 17.3. The second-order valence-electron chi connectivity index (χ2n) is 7.69. The summed E-state index contributed by atoms with van der Waals surface area (Å²) in [6.07, 6.45) is 4.64. The van der Waals surface area contributed by atoms with Gasteiger partial charge in [0.2, 0.25) is 15.9 Å². The zero-order valence-corrected chi connectivity index (χ0v) is 19.6. The smallest absolute Gasteiger partial charge is 0.244 e. The van der Waals surface area contributed by atoms with Crippen LogP contribution in [0.1, 0.15) is 49.4 Å². The van der Waals surface area contributed by atoms with Gasteiger partial charge in [-0.05, 0) is 67.5 Å². The number of carbonyl (C=O) groups is 1. The molecule has 1 aliphatic rings. The average Bonchev–Trinajstić information content (AvgIpc) is 3.14. The van der Waals surface area contributed by atoms with Crippen LogP contribution < -0.4 is 9.62 Å². The standard InChI is InChI=1S/C22H26Cl2N2O3S/c1-4-20(26(30(3,28)29)21-13-18(23)10-11-19(21)24)22(27)25-14(2)16-9-8-15-6-5-7-17(15)12-16/h8-14,20H,4-7H2,1-3H3,(H,25,27)/t14-,20-/m1/s1. The molecule has 2 aromatic rings. The fourth-order valence-electron chi connectivity index (χ4n) is 3.94. The third-order valence-electron chi connectivity index (χ3n) is 5.46. The highest BCUT2D eigenvalue weighted by Gasteiger charge is 2.33. The van der Waals surface area contributed by atoms with Crippen LogP contribution in [0.15, 0.2) is 36.4 Å². The predicted octanol–water partition coefficient (Wildman–Crippen LogP) is 4.90. The molecule has 0 fully saturated rings. The van der Waals surface area contributed by atoms with E-state index in [0.29, 0.717) is 5.02 Å². The number of hydrogen-bond donors (Lipinski definition) is 1. The van der Waals surface area contributed by atoms with Crippen molar-refractivity contribution in [1.82, 2.24) is 5.32 Å². The number of sulfonamides is 1. The summed E-state index contributed by atoms with van der Waals surface area (Å²) < 4.78 is 26.3. The molecule has 0 saturated heterocycles. The van der Waals surface area contributed by atoms with Crippen molar-refractivity contribution in [3.8, 4) is 0 Å². The summed E-state index contributed by atoms with van der Waals surface area (Å²) in [6, 6.07) is 9.63. The van der Waals surface area contributed by atoms with Gasteiger partial charge >= 0.3 is 0 Å². The van der Waals surface area contributed by atoms with Crippen molar-refractivity contribution in [2.45, 2.75) is 51.6 Å². The number of nitrogens with zero attached hydrogens (tertiary/aromatic N) is 1. The minimum atomic E-state index is -3.79. The molecule has 0 spiro atoms. The second-order valence-corrected chi connectivity index (χ2v) is 10.4. The molecule has 2 aromatic carbocycles. The van der Waals surface area contributed by atoms with E-state index in [1.54, 1.807) is 13.0 Å². The van der Waals surface area contributed by atoms with Gasteiger partial charge in [-0.25, -0.2) is 8.42 Å². The molecule has 2 atom stereocenters. The number of hydrogen-bond acceptors (Lipinski definition) is 3. The van der Waals surface area contributed by atoms with Crippen molar-refractivity contribution < 1.29 is 13.2 Å². The molecule has 0 unspecified atom stereocenters. The third kappa shape index (κ3) is 4.93. The summed E-state index contributed by atoms with van der Waals surface area (Å²) in [5.41, 5.74) is 3.89. The number of anilines is 1. The summed E-state index contributed by atoms with van der Waals surface area (Å²) in [7, 11) is -3.79. The highest BCUT2D eigenvalue weighted by molar-refractivity contribution is 7.92. The lowest BCUT2D eigenvalue weighted by atomic mass is 10.0. The molecule has 0 aliphatic heterocycles. The zero-order chi connectivity index (χ0) is 22.1. The molecule has 0 radical (unpaired) electrons. The lowest BCUT2D eigenvalue weighted by molar-refractivity contribution is -0.122. The third-order valence-corrected chi connectivity index (χ3v) is 7.18. The Labute approximate surface area is 188 Å². The normalized spacial score (nSPS) is 15.4. The first-order chi connectivity index (χ1) is 14.1. The van der Waals surface area contributed by atoms with Gasteiger partial charge in [0.25, 0.3) is 0 Å². The van der Waals surface area contributed by atoms with E-state index < -0.39 is 16.1 Å². The molecular weight excluding hydrogens is 443 g/mol. The van der Waals surface area contributed by atoms with Gasteiger partial charge in [0.1, 0.15) is 6.04 Å². The molecule has 0 bridgehead atoms. The maximum Gasteiger partial charge on any atom is 0.244 e. The van der Waals surface area contributed by atoms with E-state index in [4.69, 9.17) is 23.2 Å². The van der Waals surface area contributed by atoms with E-state index in [2.05, 4.69) is 17.4 Å². The first-order valence-corrected chi connectivity index (χ1v) is 12.6. The largest absolute Gasteiger partial charge is 0.348 e. The van der Waals surface area contributed by atoms with Gasteiger partial charge in [-0.15, -0.1) is 0 Å². The van der Waals surface area contributed by atoms with E-state index in [1.807, 2.05) is 13.0 Å². The van der Waals surface area contributed by atoms with Crippen molar-refractivity contribution in [2.75, 3.05) is 10.6 Å². The van der Waals surface area contributed by atoms with Crippen LogP contribution in [-0.4, -0.2) is 26.6 Å². The number of amides is 1. The minimum Gasteiger partial charge on any atom is -0.348 e. The number of fused-ring (bicyclic) bond motifs is 1. The molecule has 1 N–H and O–H groups in total. The molecule has 162 valence electrons. The van der Waals surface area contributed by atoms with Crippen molar-refractivity contribution in [1.29, 1.82) is 0 Å². The number of carbonyl (C=O) groups excluding carboxylic acids is 1. The SMILES string of the molecule is CC[C@H](C(=O)N[C@H](C)c1ccc2c(c1)CCC2)N(c1cc(Cl)ccc1Cl)S(C)(=O)=O. The molecule has 0 heterocycles. The maximum absolute atomic E-state index is 13.2. The quantitative estimate of drug-likeness (QED) is 0.627. The highest BCUT2D eigenvalue weighted by Crippen LogP contribution is 2.33. The topological polar surface area (TPSA) is 66.5 Å². The fourth-order valence-corrected chi connectivity index (χ4v) is 5.58. The Morgan fingerprint density at radius 2 is 1.83 bits per heavy atom. The Bertz CT molecular complexity index is 1060. The molecular formula is C22H26Cl2N2O3S. The van der Waals surface area contributed by atoms with E-state index in [9.17, 15) is 13.2 Å². The lowest BCUT2D eigenvalue weighted by Gasteiger charge is -2.31. The Hall–Kier alpha value is -1.76. The highest BCUT2D eigenvalue weighted by atomic mass is 35.5. The van der Waals surface area contributed by atoms with Crippen LogP contribution in [0.2, 0.25) is 10.0 Å². The Morgan fingerprint density at radius 3 is 2.50 bits per heavy atom. The molecule has 5 nitrogen and oxygen atoms in total. The van der Waals surface area contributed by atoms with Crippen LogP contribution in [-0.2, 0) is 27.7 Å². The van der Waals surface area contributed by atoms with Crippen LogP contribution in [0.3, 0.4) is 0 Å². The minimum absolute atomic E-state index is 0.193. The molecule has 1 amide bonds. The molecule has 0 aromatic heterocycles. The number of benzene rings is 2. The van der Waals surface area contributed by atoms with Crippen molar-refractivity contribution >= 4 is 44.8 Å². The summed E-state index contributed by atoms with van der Waals surface area (Å²) >= 11 is 12.3. The molecule has 8 heteroatoms. The van der Waals surface area contributed by atoms with E-state index in [1.165, 1.54) is 23.3 Å². The molecule has 0 saturated carbocycles. The van der Waals surface area contributed by atoms with Gasteiger partial charge in [0, 0.05) is 5.02 Å². The van der Waals surface area contributed by atoms with Crippen LogP contribution in [0.4, 0.5) is 5.69 Å². The Morgan fingerprint density at radius 1 is 1.13 bits per heavy atom. The maximum atomic E-state index is 13.2. The fraction of sp³-hybridized carbons (Fsp3) is 0.409. The number of nitrogens with one attached hydrogen (secondary N) is 1. The summed E-state index contributed by atoms with van der Waals surface area (Å²) in [5.74, 6) is -0.382. The number of aryl methyl sites for hydroxylation is 2. The van der Waals surface area contributed by atoms with Gasteiger partial charge in [-0.3, -0.25) is 9.10 Å². The van der Waals surface area contributed by atoms with Crippen molar-refractivity contribution in [3.63, 3.8) is 0 Å². The number of halogens is 2. The molecule has 1 aliphatic carbocycles. The van der Waals surface area contributed by atoms with Gasteiger partial charge in [-0.1, -0.05) is 48.3 Å². The van der Waals surface area contributed by atoms with E-state index in [-0.39, 0.29) is 29.1 Å². The van der Waals surface area contributed by atoms with Crippen LogP contribution in [0.5, 0.6) is 0 Å². The van der Waals surface area contributed by atoms with Gasteiger partial charge < -0.3 is 5.32 Å². The van der Waals surface area contributed by atoms with Crippen LogP contribution >= 0.6 is 23.2 Å². The van der Waals surface area contributed by atoms with Crippen molar-refractivity contribution in [2.24, 2.45) is 0 Å². The summed E-state index contributed by atoms with van der Waals surface area (Å²) in [5, 5.41) is 3.52. The van der Waals surface area contributed by atoms with Gasteiger partial charge in [0.05, 0.1) is 23.0 Å².